The third kappa shape index (κ3) is 3.68. The molecule has 0 aliphatic rings. The third-order valence-corrected chi connectivity index (χ3v) is 2.38. The molecule has 0 amide bonds. The molecule has 3 heteroatoms. The van der Waals surface area contributed by atoms with Gasteiger partial charge in [-0.3, -0.25) is 9.78 Å². The highest BCUT2D eigenvalue weighted by Crippen LogP contribution is 2.06. The van der Waals surface area contributed by atoms with Crippen molar-refractivity contribution in [3.05, 3.63) is 65.5 Å². The van der Waals surface area contributed by atoms with E-state index >= 15 is 0 Å². The Kier molecular flexibility index (Phi) is 4.85. The van der Waals surface area contributed by atoms with E-state index in [0.29, 0.717) is 6.42 Å². The maximum atomic E-state index is 11.9. The zero-order chi connectivity index (χ0) is 11.4. The van der Waals surface area contributed by atoms with Crippen LogP contribution < -0.4 is 0 Å². The van der Waals surface area contributed by atoms with Gasteiger partial charge in [0.15, 0.2) is 5.78 Å². The van der Waals surface area contributed by atoms with Gasteiger partial charge in [0.2, 0.25) is 0 Å². The molecule has 0 aliphatic heterocycles. The minimum atomic E-state index is 0. The van der Waals surface area contributed by atoms with Crippen LogP contribution in [0.4, 0.5) is 0 Å². The second kappa shape index (κ2) is 6.16. The molecule has 0 saturated carbocycles. The molecule has 0 aliphatic carbocycles. The van der Waals surface area contributed by atoms with Gasteiger partial charge >= 0.3 is 0 Å². The molecule has 1 aromatic heterocycles. The first-order chi connectivity index (χ1) is 7.75. The number of nitrogens with zero attached hydrogens (tertiary/aromatic N) is 1. The predicted octanol–water partition coefficient (Wildman–Crippen LogP) is 3.24. The molecule has 17 heavy (non-hydrogen) atoms. The van der Waals surface area contributed by atoms with Gasteiger partial charge in [-0.1, -0.05) is 36.4 Å². The van der Waals surface area contributed by atoms with Crippen LogP contribution in [0.1, 0.15) is 21.7 Å². The summed E-state index contributed by atoms with van der Waals surface area (Å²) in [4.78, 5) is 16.2. The molecule has 0 N–H and O–H groups in total. The molecule has 1 aromatic carbocycles. The summed E-state index contributed by atoms with van der Waals surface area (Å²) in [5.41, 5.74) is 2.51. The van der Waals surface area contributed by atoms with Crippen LogP contribution in [0.2, 0.25) is 0 Å². The van der Waals surface area contributed by atoms with Crippen LogP contribution in [-0.2, 0) is 6.42 Å². The summed E-state index contributed by atoms with van der Waals surface area (Å²) in [6.07, 6.45) is 0.367. The van der Waals surface area contributed by atoms with Crippen LogP contribution in [-0.4, -0.2) is 10.8 Å². The van der Waals surface area contributed by atoms with E-state index < -0.39 is 0 Å². The molecule has 2 nitrogen and oxygen atoms in total. The van der Waals surface area contributed by atoms with Crippen LogP contribution in [0.15, 0.2) is 48.5 Å². The number of hydrogen-bond acceptors (Lipinski definition) is 2. The topological polar surface area (TPSA) is 30.0 Å². The lowest BCUT2D eigenvalue weighted by Crippen LogP contribution is -2.05. The Morgan fingerprint density at radius 2 is 1.76 bits per heavy atom. The summed E-state index contributed by atoms with van der Waals surface area (Å²) < 4.78 is 0. The zero-order valence-electron chi connectivity index (χ0n) is 9.59. The lowest BCUT2D eigenvalue weighted by molar-refractivity contribution is 0.0992. The van der Waals surface area contributed by atoms with Crippen molar-refractivity contribution in [2.75, 3.05) is 0 Å². The van der Waals surface area contributed by atoms with Gasteiger partial charge in [-0.2, -0.15) is 0 Å². The lowest BCUT2D eigenvalue weighted by atomic mass is 10.1. The maximum Gasteiger partial charge on any atom is 0.168 e. The number of Topliss-reactive ketones (excluding diaryl/α,β-unsaturated/α-hetero) is 1. The highest BCUT2D eigenvalue weighted by atomic mass is 35.5. The van der Waals surface area contributed by atoms with Gasteiger partial charge < -0.3 is 0 Å². The minimum absolute atomic E-state index is 0. The van der Waals surface area contributed by atoms with Crippen molar-refractivity contribution in [3.63, 3.8) is 0 Å². The smallest absolute Gasteiger partial charge is 0.168 e. The number of carbonyl (C=O) groups is 1. The van der Waals surface area contributed by atoms with Crippen molar-refractivity contribution in [2.24, 2.45) is 0 Å². The molecular weight excluding hydrogens is 234 g/mol. The summed E-state index contributed by atoms with van der Waals surface area (Å²) in [5, 5.41) is 0. The molecule has 2 aromatic rings. The monoisotopic (exact) mass is 247 g/mol. The van der Waals surface area contributed by atoms with E-state index in [2.05, 4.69) is 4.98 Å². The van der Waals surface area contributed by atoms with Gasteiger partial charge in [-0.15, -0.1) is 12.4 Å². The molecule has 0 spiro atoms. The van der Waals surface area contributed by atoms with Crippen molar-refractivity contribution in [2.45, 2.75) is 13.3 Å². The second-order valence-electron chi connectivity index (χ2n) is 3.74. The number of benzene rings is 1. The van der Waals surface area contributed by atoms with Gasteiger partial charge in [-0.05, 0) is 19.1 Å². The van der Waals surface area contributed by atoms with Crippen molar-refractivity contribution < 1.29 is 4.79 Å². The number of aryl methyl sites for hydroxylation is 1. The largest absolute Gasteiger partial charge is 0.294 e. The minimum Gasteiger partial charge on any atom is -0.294 e. The van der Waals surface area contributed by atoms with Crippen LogP contribution in [0, 0.1) is 6.92 Å². The highest BCUT2D eigenvalue weighted by molar-refractivity contribution is 5.97. The average molecular weight is 248 g/mol. The predicted molar refractivity (Wildman–Crippen MR) is 70.7 cm³/mol. The average Bonchev–Trinajstić information content (AvgIpc) is 2.30. The molecule has 2 rings (SSSR count). The first-order valence-corrected chi connectivity index (χ1v) is 5.26. The molecular formula is C14H14ClNO. The fourth-order valence-electron chi connectivity index (χ4n) is 1.59. The number of pyridine rings is 1. The van der Waals surface area contributed by atoms with E-state index in [1.807, 2.05) is 55.5 Å². The van der Waals surface area contributed by atoms with Gasteiger partial charge in [0.25, 0.3) is 0 Å². The molecule has 1 heterocycles. The molecule has 0 atom stereocenters. The van der Waals surface area contributed by atoms with E-state index in [1.54, 1.807) is 0 Å². The van der Waals surface area contributed by atoms with E-state index in [-0.39, 0.29) is 18.2 Å². The van der Waals surface area contributed by atoms with Gasteiger partial charge in [-0.25, -0.2) is 0 Å². The molecule has 0 saturated heterocycles. The first-order valence-electron chi connectivity index (χ1n) is 5.26. The number of aromatic nitrogens is 1. The summed E-state index contributed by atoms with van der Waals surface area (Å²) in [6.45, 7) is 1.93. The van der Waals surface area contributed by atoms with E-state index in [4.69, 9.17) is 0 Å². The Balaban J connectivity index is 0.00000144. The molecule has 0 fully saturated rings. The zero-order valence-corrected chi connectivity index (χ0v) is 10.4. The highest BCUT2D eigenvalue weighted by Gasteiger charge is 2.06. The quantitative estimate of drug-likeness (QED) is 0.780. The Bertz CT molecular complexity index is 497. The number of carbonyl (C=O) groups excluding carboxylic acids is 1. The molecule has 88 valence electrons. The number of rotatable bonds is 3. The van der Waals surface area contributed by atoms with E-state index in [0.717, 1.165) is 17.0 Å². The van der Waals surface area contributed by atoms with Crippen molar-refractivity contribution >= 4 is 18.2 Å². The Morgan fingerprint density at radius 3 is 2.41 bits per heavy atom. The van der Waals surface area contributed by atoms with E-state index in [9.17, 15) is 4.79 Å². The summed E-state index contributed by atoms with van der Waals surface area (Å²) in [5.74, 6) is 0.110. The number of ketones is 1. The second-order valence-corrected chi connectivity index (χ2v) is 3.74. The Hall–Kier alpha value is -1.67. The summed E-state index contributed by atoms with van der Waals surface area (Å²) in [7, 11) is 0. The normalized spacial score (nSPS) is 9.47. The first kappa shape index (κ1) is 13.4. The van der Waals surface area contributed by atoms with Gasteiger partial charge in [0, 0.05) is 17.0 Å². The van der Waals surface area contributed by atoms with Crippen LogP contribution in [0.25, 0.3) is 0 Å². The lowest BCUT2D eigenvalue weighted by Gasteiger charge is -2.01. The van der Waals surface area contributed by atoms with Crippen molar-refractivity contribution in [3.8, 4) is 0 Å². The Labute approximate surface area is 107 Å². The molecule has 0 bridgehead atoms. The van der Waals surface area contributed by atoms with Crippen molar-refractivity contribution in [1.29, 1.82) is 0 Å². The third-order valence-electron chi connectivity index (χ3n) is 2.38. The molecule has 0 radical (unpaired) electrons. The standard InChI is InChI=1S/C14H13NO.ClH/c1-11-6-5-9-13(15-11)10-14(16)12-7-3-2-4-8-12;/h2-9H,10H2,1H3;1H. The maximum absolute atomic E-state index is 11.9. The fourth-order valence-corrected chi connectivity index (χ4v) is 1.59. The molecule has 0 unspecified atom stereocenters. The van der Waals surface area contributed by atoms with Crippen molar-refractivity contribution in [1.82, 2.24) is 4.98 Å². The number of halogens is 1. The van der Waals surface area contributed by atoms with Gasteiger partial charge in [0.1, 0.15) is 0 Å². The summed E-state index contributed by atoms with van der Waals surface area (Å²) in [6, 6.07) is 15.0. The number of hydrogen-bond donors (Lipinski definition) is 0. The Morgan fingerprint density at radius 1 is 1.06 bits per heavy atom. The summed E-state index contributed by atoms with van der Waals surface area (Å²) >= 11 is 0. The van der Waals surface area contributed by atoms with Gasteiger partial charge in [0.05, 0.1) is 6.42 Å². The van der Waals surface area contributed by atoms with Crippen LogP contribution >= 0.6 is 12.4 Å². The van der Waals surface area contributed by atoms with E-state index in [1.165, 1.54) is 0 Å². The van der Waals surface area contributed by atoms with Crippen LogP contribution in [0.3, 0.4) is 0 Å². The van der Waals surface area contributed by atoms with Crippen LogP contribution in [0.5, 0.6) is 0 Å². The SMILES string of the molecule is Cc1cccc(CC(=O)c2ccccc2)n1.Cl. The fraction of sp³-hybridized carbons (Fsp3) is 0.143.